The molecule has 0 fully saturated rings. The van der Waals surface area contributed by atoms with Crippen LogP contribution in [-0.2, 0) is 0 Å². The fraction of sp³-hybridized carbons (Fsp3) is 0.158. The van der Waals surface area contributed by atoms with E-state index in [0.717, 1.165) is 16.9 Å². The molecule has 108 valence electrons. The molecule has 0 aliphatic heterocycles. The van der Waals surface area contributed by atoms with Crippen LogP contribution >= 0.6 is 0 Å². The van der Waals surface area contributed by atoms with E-state index in [-0.39, 0.29) is 0 Å². The Morgan fingerprint density at radius 1 is 1.14 bits per heavy atom. The van der Waals surface area contributed by atoms with E-state index in [1.165, 1.54) is 22.3 Å². The van der Waals surface area contributed by atoms with Gasteiger partial charge in [-0.1, -0.05) is 30.9 Å². The average molecular weight is 278 g/mol. The Morgan fingerprint density at radius 3 is 2.48 bits per heavy atom. The molecule has 0 aliphatic rings. The van der Waals surface area contributed by atoms with Crippen molar-refractivity contribution < 1.29 is 0 Å². The Bertz CT molecular complexity index is 697. The molecule has 2 nitrogen and oxygen atoms in total. The van der Waals surface area contributed by atoms with Gasteiger partial charge in [0.15, 0.2) is 0 Å². The molecule has 0 saturated heterocycles. The van der Waals surface area contributed by atoms with Gasteiger partial charge in [0, 0.05) is 24.0 Å². The molecule has 0 radical (unpaired) electrons. The monoisotopic (exact) mass is 278 g/mol. The molecule has 0 saturated carbocycles. The third kappa shape index (κ3) is 3.00. The van der Waals surface area contributed by atoms with Crippen molar-refractivity contribution in [2.24, 2.45) is 0 Å². The first-order valence-corrected chi connectivity index (χ1v) is 7.08. The predicted octanol–water partition coefficient (Wildman–Crippen LogP) is 4.71. The van der Waals surface area contributed by atoms with Gasteiger partial charge in [-0.25, -0.2) is 0 Å². The molecule has 0 spiro atoms. The molecular weight excluding hydrogens is 256 g/mol. The molecule has 0 aromatic heterocycles. The van der Waals surface area contributed by atoms with Crippen LogP contribution in [0.5, 0.6) is 0 Å². The average Bonchev–Trinajstić information content (AvgIpc) is 2.49. The van der Waals surface area contributed by atoms with E-state index in [4.69, 9.17) is 5.73 Å². The van der Waals surface area contributed by atoms with E-state index in [0.29, 0.717) is 0 Å². The standard InChI is InChI=1S/C19H22N2/c1-5-14-7-10-19(21-4)18(12-14)16(6-2)17-9-8-15(20)11-13(17)3/h5-12,21H,1,20H2,2-4H3. The first kappa shape index (κ1) is 14.9. The van der Waals surface area contributed by atoms with E-state index in [9.17, 15) is 0 Å². The highest BCUT2D eigenvalue weighted by Gasteiger charge is 2.11. The number of rotatable bonds is 4. The van der Waals surface area contributed by atoms with Gasteiger partial charge >= 0.3 is 0 Å². The van der Waals surface area contributed by atoms with Crippen LogP contribution in [0.15, 0.2) is 49.1 Å². The summed E-state index contributed by atoms with van der Waals surface area (Å²) >= 11 is 0. The maximum absolute atomic E-state index is 5.86. The largest absolute Gasteiger partial charge is 0.399 e. The zero-order valence-corrected chi connectivity index (χ0v) is 12.9. The number of aryl methyl sites for hydroxylation is 1. The van der Waals surface area contributed by atoms with Crippen molar-refractivity contribution in [2.45, 2.75) is 13.8 Å². The van der Waals surface area contributed by atoms with Crippen molar-refractivity contribution in [2.75, 3.05) is 18.1 Å². The summed E-state index contributed by atoms with van der Waals surface area (Å²) in [6.45, 7) is 8.01. The van der Waals surface area contributed by atoms with Crippen molar-refractivity contribution in [3.63, 3.8) is 0 Å². The van der Waals surface area contributed by atoms with Crippen LogP contribution in [0, 0.1) is 6.92 Å². The number of benzene rings is 2. The lowest BCUT2D eigenvalue weighted by Gasteiger charge is -2.16. The highest BCUT2D eigenvalue weighted by atomic mass is 14.8. The lowest BCUT2D eigenvalue weighted by Crippen LogP contribution is -1.99. The number of hydrogen-bond donors (Lipinski definition) is 2. The summed E-state index contributed by atoms with van der Waals surface area (Å²) in [5.41, 5.74) is 13.6. The Kier molecular flexibility index (Phi) is 4.49. The van der Waals surface area contributed by atoms with E-state index in [1.807, 2.05) is 25.3 Å². The second-order valence-electron chi connectivity index (χ2n) is 5.04. The van der Waals surface area contributed by atoms with Gasteiger partial charge in [-0.15, -0.1) is 0 Å². The van der Waals surface area contributed by atoms with E-state index in [2.05, 4.69) is 56.1 Å². The number of allylic oxidation sites excluding steroid dienone is 1. The molecule has 2 heteroatoms. The second-order valence-corrected chi connectivity index (χ2v) is 5.04. The third-order valence-electron chi connectivity index (χ3n) is 3.67. The van der Waals surface area contributed by atoms with Crippen LogP contribution in [0.25, 0.3) is 11.6 Å². The molecule has 21 heavy (non-hydrogen) atoms. The van der Waals surface area contributed by atoms with Crippen molar-refractivity contribution in [1.82, 2.24) is 0 Å². The first-order chi connectivity index (χ1) is 10.1. The summed E-state index contributed by atoms with van der Waals surface area (Å²) in [4.78, 5) is 0. The van der Waals surface area contributed by atoms with Gasteiger partial charge in [0.2, 0.25) is 0 Å². The summed E-state index contributed by atoms with van der Waals surface area (Å²) < 4.78 is 0. The van der Waals surface area contributed by atoms with E-state index < -0.39 is 0 Å². The molecule has 0 heterocycles. The smallest absolute Gasteiger partial charge is 0.0417 e. The Hall–Kier alpha value is -2.48. The summed E-state index contributed by atoms with van der Waals surface area (Å²) in [5, 5.41) is 3.26. The molecular formula is C19H22N2. The van der Waals surface area contributed by atoms with Crippen molar-refractivity contribution in [3.8, 4) is 0 Å². The summed E-state index contributed by atoms with van der Waals surface area (Å²) in [7, 11) is 1.94. The van der Waals surface area contributed by atoms with Crippen molar-refractivity contribution in [3.05, 3.63) is 71.3 Å². The fourth-order valence-corrected chi connectivity index (χ4v) is 2.57. The van der Waals surface area contributed by atoms with Gasteiger partial charge in [-0.05, 0) is 60.4 Å². The normalized spacial score (nSPS) is 11.3. The number of nitrogens with one attached hydrogen (secondary N) is 1. The zero-order chi connectivity index (χ0) is 15.4. The number of anilines is 2. The molecule has 2 aromatic carbocycles. The quantitative estimate of drug-likeness (QED) is 0.795. The highest BCUT2D eigenvalue weighted by molar-refractivity contribution is 5.88. The number of hydrogen-bond acceptors (Lipinski definition) is 2. The topological polar surface area (TPSA) is 38.0 Å². The summed E-state index contributed by atoms with van der Waals surface area (Å²) in [6, 6.07) is 12.3. The van der Waals surface area contributed by atoms with Crippen LogP contribution < -0.4 is 11.1 Å². The molecule has 0 bridgehead atoms. The summed E-state index contributed by atoms with van der Waals surface area (Å²) in [5.74, 6) is 0. The van der Waals surface area contributed by atoms with Crippen LogP contribution in [0.1, 0.15) is 29.2 Å². The minimum Gasteiger partial charge on any atom is -0.399 e. The van der Waals surface area contributed by atoms with Crippen molar-refractivity contribution in [1.29, 1.82) is 0 Å². The van der Waals surface area contributed by atoms with Crippen LogP contribution in [0.4, 0.5) is 11.4 Å². The van der Waals surface area contributed by atoms with Gasteiger partial charge < -0.3 is 11.1 Å². The lowest BCUT2D eigenvalue weighted by molar-refractivity contribution is 1.39. The Balaban J connectivity index is 2.64. The third-order valence-corrected chi connectivity index (χ3v) is 3.67. The Labute approximate surface area is 127 Å². The van der Waals surface area contributed by atoms with Crippen LogP contribution in [0.3, 0.4) is 0 Å². The van der Waals surface area contributed by atoms with E-state index in [1.54, 1.807) is 0 Å². The highest BCUT2D eigenvalue weighted by Crippen LogP contribution is 2.32. The molecule has 2 aromatic rings. The van der Waals surface area contributed by atoms with Gasteiger partial charge in [-0.2, -0.15) is 0 Å². The number of nitrogens with two attached hydrogens (primary N) is 1. The van der Waals surface area contributed by atoms with Crippen LogP contribution in [-0.4, -0.2) is 7.05 Å². The van der Waals surface area contributed by atoms with Gasteiger partial charge in [-0.3, -0.25) is 0 Å². The van der Waals surface area contributed by atoms with Crippen LogP contribution in [0.2, 0.25) is 0 Å². The maximum Gasteiger partial charge on any atom is 0.0417 e. The summed E-state index contributed by atoms with van der Waals surface area (Å²) in [6.07, 6.45) is 4.01. The SMILES string of the molecule is C=Cc1ccc(NC)c(C(=CC)c2ccc(N)cc2C)c1. The fourth-order valence-electron chi connectivity index (χ4n) is 2.57. The predicted molar refractivity (Wildman–Crippen MR) is 94.4 cm³/mol. The van der Waals surface area contributed by atoms with Crippen molar-refractivity contribution >= 4 is 23.0 Å². The maximum atomic E-state index is 5.86. The van der Waals surface area contributed by atoms with Gasteiger partial charge in [0.25, 0.3) is 0 Å². The van der Waals surface area contributed by atoms with E-state index >= 15 is 0 Å². The lowest BCUT2D eigenvalue weighted by atomic mass is 9.91. The van der Waals surface area contributed by atoms with Gasteiger partial charge in [0.1, 0.15) is 0 Å². The minimum atomic E-state index is 0.792. The molecule has 3 N–H and O–H groups in total. The molecule has 0 amide bonds. The molecule has 0 atom stereocenters. The van der Waals surface area contributed by atoms with Gasteiger partial charge in [0.05, 0.1) is 0 Å². The first-order valence-electron chi connectivity index (χ1n) is 7.08. The zero-order valence-electron chi connectivity index (χ0n) is 12.9. The Morgan fingerprint density at radius 2 is 1.90 bits per heavy atom. The molecule has 0 aliphatic carbocycles. The molecule has 0 unspecified atom stereocenters. The second kappa shape index (κ2) is 6.31. The number of nitrogen functional groups attached to an aromatic ring is 1. The molecule has 2 rings (SSSR count). The minimum absolute atomic E-state index is 0.792.